The van der Waals surface area contributed by atoms with Crippen LogP contribution in [0.15, 0.2) is 42.5 Å². The Hall–Kier alpha value is -1.96. The van der Waals surface area contributed by atoms with Crippen molar-refractivity contribution in [3.8, 4) is 0 Å². The van der Waals surface area contributed by atoms with Gasteiger partial charge in [0.05, 0.1) is 5.92 Å². The van der Waals surface area contributed by atoms with Crippen molar-refractivity contribution in [3.63, 3.8) is 0 Å². The summed E-state index contributed by atoms with van der Waals surface area (Å²) in [4.78, 5) is 12.7. The first-order valence-electron chi connectivity index (χ1n) is 10.2. The second-order valence-corrected chi connectivity index (χ2v) is 10.3. The largest absolute Gasteiger partial charge is 0.356 e. The lowest BCUT2D eigenvalue weighted by molar-refractivity contribution is -0.126. The molecule has 0 aliphatic carbocycles. The maximum atomic E-state index is 12.7. The minimum Gasteiger partial charge on any atom is -0.356 e. The zero-order chi connectivity index (χ0) is 21.0. The fraction of sp³-hybridized carbons (Fsp3) is 0.500. The van der Waals surface area contributed by atoms with Gasteiger partial charge < -0.3 is 5.32 Å². The van der Waals surface area contributed by atoms with Crippen LogP contribution in [0.1, 0.15) is 25.3 Å². The Morgan fingerprint density at radius 1 is 1.21 bits per heavy atom. The number of fused-ring (bicyclic) bond motifs is 1. The number of hydrogen-bond donors (Lipinski definition) is 1. The van der Waals surface area contributed by atoms with Crippen molar-refractivity contribution in [2.75, 3.05) is 33.7 Å². The molecule has 1 N–H and O–H groups in total. The molecule has 7 heteroatoms. The molecule has 1 saturated heterocycles. The van der Waals surface area contributed by atoms with E-state index in [2.05, 4.69) is 48.6 Å². The van der Waals surface area contributed by atoms with Crippen molar-refractivity contribution >= 4 is 26.9 Å². The van der Waals surface area contributed by atoms with Crippen LogP contribution in [0.3, 0.4) is 0 Å². The van der Waals surface area contributed by atoms with Gasteiger partial charge in [0, 0.05) is 33.7 Å². The molecule has 0 saturated carbocycles. The Bertz CT molecular complexity index is 953. The first-order valence-corrected chi connectivity index (χ1v) is 11.6. The molecule has 6 nitrogen and oxygen atoms in total. The Labute approximate surface area is 174 Å². The summed E-state index contributed by atoms with van der Waals surface area (Å²) in [5.74, 6) is -0.0494. The number of carbonyl (C=O) groups is 1. The summed E-state index contributed by atoms with van der Waals surface area (Å²) in [5, 5.41) is 5.53. The number of rotatable bonds is 7. The first kappa shape index (κ1) is 21.7. The average Bonchev–Trinajstić information content (AvgIpc) is 2.72. The molecule has 0 unspecified atom stereocenters. The van der Waals surface area contributed by atoms with Crippen molar-refractivity contribution in [2.24, 2.45) is 11.8 Å². The van der Waals surface area contributed by atoms with Crippen LogP contribution in [-0.4, -0.2) is 56.7 Å². The summed E-state index contributed by atoms with van der Waals surface area (Å²) in [6.45, 7) is 3.44. The highest BCUT2D eigenvalue weighted by molar-refractivity contribution is 7.86. The summed E-state index contributed by atoms with van der Waals surface area (Å²) in [6, 6.07) is 14.7. The van der Waals surface area contributed by atoms with Crippen LogP contribution in [0.2, 0.25) is 0 Å². The predicted octanol–water partition coefficient (Wildman–Crippen LogP) is 2.65. The SMILES string of the molecule is C[C@H](CNC(=O)[C@H]1CCCN(S(=O)(=O)N(C)C)C1)Cc1cccc2ccccc12. The van der Waals surface area contributed by atoms with Gasteiger partial charge in [0.2, 0.25) is 5.91 Å². The van der Waals surface area contributed by atoms with E-state index in [1.54, 1.807) is 0 Å². The second kappa shape index (κ2) is 9.24. The molecule has 2 atom stereocenters. The highest BCUT2D eigenvalue weighted by Gasteiger charge is 2.33. The van der Waals surface area contributed by atoms with Gasteiger partial charge in [-0.15, -0.1) is 0 Å². The average molecular weight is 418 g/mol. The Morgan fingerprint density at radius 2 is 1.93 bits per heavy atom. The van der Waals surface area contributed by atoms with Gasteiger partial charge in [-0.05, 0) is 41.5 Å². The molecule has 29 heavy (non-hydrogen) atoms. The summed E-state index contributed by atoms with van der Waals surface area (Å²) in [6.07, 6.45) is 2.31. The molecule has 0 bridgehead atoms. The van der Waals surface area contributed by atoms with E-state index >= 15 is 0 Å². The topological polar surface area (TPSA) is 69.7 Å². The number of benzene rings is 2. The number of carbonyl (C=O) groups excluding carboxylic acids is 1. The van der Waals surface area contributed by atoms with Crippen molar-refractivity contribution in [1.29, 1.82) is 0 Å². The van der Waals surface area contributed by atoms with Crippen molar-refractivity contribution < 1.29 is 13.2 Å². The molecular formula is C22H31N3O3S. The third kappa shape index (κ3) is 5.15. The molecule has 2 aromatic carbocycles. The second-order valence-electron chi connectivity index (χ2n) is 8.18. The predicted molar refractivity (Wildman–Crippen MR) is 117 cm³/mol. The Morgan fingerprint density at radius 3 is 2.69 bits per heavy atom. The van der Waals surface area contributed by atoms with Gasteiger partial charge in [-0.1, -0.05) is 49.4 Å². The maximum absolute atomic E-state index is 12.7. The van der Waals surface area contributed by atoms with Gasteiger partial charge in [-0.3, -0.25) is 4.79 Å². The molecule has 1 heterocycles. The quantitative estimate of drug-likeness (QED) is 0.753. The summed E-state index contributed by atoms with van der Waals surface area (Å²) in [7, 11) is -0.429. The Kier molecular flexibility index (Phi) is 6.93. The molecule has 1 aliphatic heterocycles. The molecule has 0 aromatic heterocycles. The van der Waals surface area contributed by atoms with Crippen LogP contribution in [-0.2, 0) is 21.4 Å². The van der Waals surface area contributed by atoms with E-state index in [0.717, 1.165) is 12.8 Å². The fourth-order valence-corrected chi connectivity index (χ4v) is 5.12. The van der Waals surface area contributed by atoms with E-state index in [1.807, 2.05) is 6.07 Å². The van der Waals surface area contributed by atoms with Crippen LogP contribution >= 0.6 is 0 Å². The number of amides is 1. The zero-order valence-corrected chi connectivity index (χ0v) is 18.3. The third-order valence-electron chi connectivity index (χ3n) is 5.62. The van der Waals surface area contributed by atoms with Crippen LogP contribution in [0.5, 0.6) is 0 Å². The summed E-state index contributed by atoms with van der Waals surface area (Å²) in [5.41, 5.74) is 1.28. The zero-order valence-electron chi connectivity index (χ0n) is 17.5. The van der Waals surface area contributed by atoms with Crippen LogP contribution < -0.4 is 5.32 Å². The molecule has 0 spiro atoms. The van der Waals surface area contributed by atoms with E-state index in [1.165, 1.54) is 39.0 Å². The highest BCUT2D eigenvalue weighted by atomic mass is 32.2. The molecular weight excluding hydrogens is 386 g/mol. The van der Waals surface area contributed by atoms with Gasteiger partial charge in [0.1, 0.15) is 0 Å². The molecule has 158 valence electrons. The number of hydrogen-bond acceptors (Lipinski definition) is 3. The van der Waals surface area contributed by atoms with Crippen LogP contribution in [0.25, 0.3) is 10.8 Å². The van der Waals surface area contributed by atoms with Crippen molar-refractivity contribution in [3.05, 3.63) is 48.0 Å². The molecule has 1 amide bonds. The third-order valence-corrected chi connectivity index (χ3v) is 7.52. The number of nitrogens with one attached hydrogen (secondary N) is 1. The van der Waals surface area contributed by atoms with Gasteiger partial charge >= 0.3 is 0 Å². The maximum Gasteiger partial charge on any atom is 0.281 e. The van der Waals surface area contributed by atoms with Crippen LogP contribution in [0.4, 0.5) is 0 Å². The van der Waals surface area contributed by atoms with Gasteiger partial charge in [-0.25, -0.2) is 0 Å². The van der Waals surface area contributed by atoms with Gasteiger partial charge in [-0.2, -0.15) is 17.0 Å². The summed E-state index contributed by atoms with van der Waals surface area (Å²) >= 11 is 0. The monoisotopic (exact) mass is 417 g/mol. The lowest BCUT2D eigenvalue weighted by Gasteiger charge is -2.33. The van der Waals surface area contributed by atoms with E-state index in [0.29, 0.717) is 19.5 Å². The lowest BCUT2D eigenvalue weighted by Crippen LogP contribution is -2.49. The van der Waals surface area contributed by atoms with E-state index in [9.17, 15) is 13.2 Å². The molecule has 1 fully saturated rings. The van der Waals surface area contributed by atoms with Crippen molar-refractivity contribution in [2.45, 2.75) is 26.2 Å². The first-order chi connectivity index (χ1) is 13.8. The number of nitrogens with zero attached hydrogens (tertiary/aromatic N) is 2. The highest BCUT2D eigenvalue weighted by Crippen LogP contribution is 2.22. The van der Waals surface area contributed by atoms with E-state index in [-0.39, 0.29) is 24.3 Å². The molecule has 3 rings (SSSR count). The Balaban J connectivity index is 1.56. The molecule has 2 aromatic rings. The fourth-order valence-electron chi connectivity index (χ4n) is 3.93. The van der Waals surface area contributed by atoms with E-state index < -0.39 is 10.2 Å². The lowest BCUT2D eigenvalue weighted by atomic mass is 9.95. The normalized spacial score (nSPS) is 19.4. The summed E-state index contributed by atoms with van der Waals surface area (Å²) < 4.78 is 27.3. The van der Waals surface area contributed by atoms with Crippen molar-refractivity contribution in [1.82, 2.24) is 13.9 Å². The van der Waals surface area contributed by atoms with E-state index in [4.69, 9.17) is 0 Å². The minimum atomic E-state index is -3.47. The minimum absolute atomic E-state index is 0.0478. The van der Waals surface area contributed by atoms with Gasteiger partial charge in [0.15, 0.2) is 0 Å². The van der Waals surface area contributed by atoms with Gasteiger partial charge in [0.25, 0.3) is 10.2 Å². The number of piperidine rings is 1. The smallest absolute Gasteiger partial charge is 0.281 e. The standard InChI is InChI=1S/C22H31N3O3S/c1-17(14-19-10-6-9-18-8-4-5-12-21(18)19)15-23-22(26)20-11-7-13-25(16-20)29(27,28)24(2)3/h4-6,8-10,12,17,20H,7,11,13-16H2,1-3H3,(H,23,26)/t17-,20-/m0/s1. The molecule has 1 aliphatic rings. The van der Waals surface area contributed by atoms with Crippen LogP contribution in [0, 0.1) is 11.8 Å². The molecule has 0 radical (unpaired) electrons.